The number of halogens is 1. The Bertz CT molecular complexity index is 508. The van der Waals surface area contributed by atoms with Crippen molar-refractivity contribution >= 4 is 5.78 Å². The van der Waals surface area contributed by atoms with Crippen molar-refractivity contribution in [3.8, 4) is 0 Å². The summed E-state index contributed by atoms with van der Waals surface area (Å²) in [5.41, 5.74) is 0.723. The van der Waals surface area contributed by atoms with Crippen LogP contribution in [0.4, 0.5) is 4.39 Å². The lowest BCUT2D eigenvalue weighted by Crippen LogP contribution is -2.21. The summed E-state index contributed by atoms with van der Waals surface area (Å²) in [7, 11) is 0. The van der Waals surface area contributed by atoms with Crippen LogP contribution in [0.25, 0.3) is 0 Å². The Labute approximate surface area is 104 Å². The molecule has 0 fully saturated rings. The number of Topliss-reactive ketones (excluding diaryl/α,β-unsaturated/α-hetero) is 1. The van der Waals surface area contributed by atoms with Crippen LogP contribution in [0.5, 0.6) is 0 Å². The van der Waals surface area contributed by atoms with Crippen LogP contribution in [0.3, 0.4) is 0 Å². The number of hydrogen-bond acceptors (Lipinski definition) is 3. The first-order valence-electron chi connectivity index (χ1n) is 5.84. The number of benzene rings is 1. The van der Waals surface area contributed by atoms with Gasteiger partial charge >= 0.3 is 0 Å². The van der Waals surface area contributed by atoms with Crippen molar-refractivity contribution in [2.75, 3.05) is 0 Å². The summed E-state index contributed by atoms with van der Waals surface area (Å²) >= 11 is 0. The standard InChI is InChI=1S/C13H14FN3O/c1-2-3-12(18)13(17-9-15-8-16-17)10-4-6-11(14)7-5-10/h4-9,13H,2-3H2,1H3. The van der Waals surface area contributed by atoms with Gasteiger partial charge in [-0.3, -0.25) is 4.79 Å². The van der Waals surface area contributed by atoms with Gasteiger partial charge in [0.05, 0.1) is 0 Å². The van der Waals surface area contributed by atoms with Gasteiger partial charge in [0, 0.05) is 6.42 Å². The lowest BCUT2D eigenvalue weighted by molar-refractivity contribution is -0.121. The van der Waals surface area contributed by atoms with E-state index in [2.05, 4.69) is 10.1 Å². The molecule has 94 valence electrons. The zero-order valence-corrected chi connectivity index (χ0v) is 10.1. The molecule has 0 spiro atoms. The van der Waals surface area contributed by atoms with E-state index in [0.29, 0.717) is 6.42 Å². The molecule has 2 aromatic rings. The van der Waals surface area contributed by atoms with E-state index in [1.54, 1.807) is 12.1 Å². The molecule has 1 atom stereocenters. The maximum Gasteiger partial charge on any atom is 0.161 e. The maximum atomic E-state index is 12.9. The van der Waals surface area contributed by atoms with Gasteiger partial charge in [0.2, 0.25) is 0 Å². The van der Waals surface area contributed by atoms with Crippen molar-refractivity contribution in [3.63, 3.8) is 0 Å². The summed E-state index contributed by atoms with van der Waals surface area (Å²) < 4.78 is 14.4. The minimum atomic E-state index is -0.520. The van der Waals surface area contributed by atoms with E-state index < -0.39 is 6.04 Å². The fourth-order valence-electron chi connectivity index (χ4n) is 1.87. The molecule has 0 aliphatic rings. The van der Waals surface area contributed by atoms with Crippen LogP contribution in [-0.4, -0.2) is 20.5 Å². The fourth-order valence-corrected chi connectivity index (χ4v) is 1.87. The van der Waals surface area contributed by atoms with E-state index in [1.807, 2.05) is 6.92 Å². The second kappa shape index (κ2) is 5.53. The molecular formula is C13H14FN3O. The molecule has 0 bridgehead atoms. The van der Waals surface area contributed by atoms with Crippen molar-refractivity contribution in [1.29, 1.82) is 0 Å². The number of aromatic nitrogens is 3. The summed E-state index contributed by atoms with van der Waals surface area (Å²) in [4.78, 5) is 16.0. The monoisotopic (exact) mass is 247 g/mol. The average Bonchev–Trinajstić information content (AvgIpc) is 2.86. The van der Waals surface area contributed by atoms with Crippen molar-refractivity contribution in [1.82, 2.24) is 14.8 Å². The van der Waals surface area contributed by atoms with Crippen molar-refractivity contribution in [2.45, 2.75) is 25.8 Å². The van der Waals surface area contributed by atoms with Gasteiger partial charge in [-0.2, -0.15) is 5.10 Å². The molecule has 0 amide bonds. The fraction of sp³-hybridized carbons (Fsp3) is 0.308. The molecule has 1 heterocycles. The average molecular weight is 247 g/mol. The zero-order chi connectivity index (χ0) is 13.0. The summed E-state index contributed by atoms with van der Waals surface area (Å²) in [5.74, 6) is -0.270. The van der Waals surface area contributed by atoms with Gasteiger partial charge in [-0.25, -0.2) is 14.1 Å². The topological polar surface area (TPSA) is 47.8 Å². The van der Waals surface area contributed by atoms with Gasteiger partial charge in [0.25, 0.3) is 0 Å². The highest BCUT2D eigenvalue weighted by molar-refractivity contribution is 5.85. The summed E-state index contributed by atoms with van der Waals surface area (Å²) in [5, 5.41) is 4.01. The largest absolute Gasteiger partial charge is 0.297 e. The summed E-state index contributed by atoms with van der Waals surface area (Å²) in [6, 6.07) is 5.38. The maximum absolute atomic E-state index is 12.9. The predicted molar refractivity (Wildman–Crippen MR) is 64.5 cm³/mol. The van der Waals surface area contributed by atoms with Gasteiger partial charge < -0.3 is 0 Å². The molecule has 0 aliphatic heterocycles. The van der Waals surface area contributed by atoms with Crippen molar-refractivity contribution < 1.29 is 9.18 Å². The van der Waals surface area contributed by atoms with Crippen LogP contribution in [0.2, 0.25) is 0 Å². The molecule has 1 aromatic heterocycles. The van der Waals surface area contributed by atoms with E-state index in [4.69, 9.17) is 0 Å². The number of rotatable bonds is 5. The molecule has 0 N–H and O–H groups in total. The Balaban J connectivity index is 2.36. The molecule has 1 unspecified atom stereocenters. The molecule has 0 saturated carbocycles. The van der Waals surface area contributed by atoms with Gasteiger partial charge in [0.1, 0.15) is 24.5 Å². The lowest BCUT2D eigenvalue weighted by atomic mass is 10.00. The van der Waals surface area contributed by atoms with E-state index in [0.717, 1.165) is 12.0 Å². The predicted octanol–water partition coefficient (Wildman–Crippen LogP) is 2.38. The highest BCUT2D eigenvalue weighted by Gasteiger charge is 2.22. The Morgan fingerprint density at radius 1 is 1.39 bits per heavy atom. The van der Waals surface area contributed by atoms with Crippen LogP contribution >= 0.6 is 0 Å². The Morgan fingerprint density at radius 3 is 2.67 bits per heavy atom. The normalized spacial score (nSPS) is 12.3. The van der Waals surface area contributed by atoms with Crippen LogP contribution in [0.1, 0.15) is 31.4 Å². The Hall–Kier alpha value is -2.04. The van der Waals surface area contributed by atoms with Crippen LogP contribution in [-0.2, 0) is 4.79 Å². The molecule has 5 heteroatoms. The molecule has 4 nitrogen and oxygen atoms in total. The molecule has 2 rings (SSSR count). The second-order valence-electron chi connectivity index (χ2n) is 4.05. The molecule has 0 aliphatic carbocycles. The first-order chi connectivity index (χ1) is 8.72. The first kappa shape index (κ1) is 12.4. The minimum absolute atomic E-state index is 0.0506. The Kier molecular flexibility index (Phi) is 3.82. The second-order valence-corrected chi connectivity index (χ2v) is 4.05. The SMILES string of the molecule is CCCC(=O)C(c1ccc(F)cc1)n1cncn1. The van der Waals surface area contributed by atoms with E-state index in [9.17, 15) is 9.18 Å². The van der Waals surface area contributed by atoms with Crippen LogP contribution < -0.4 is 0 Å². The van der Waals surface area contributed by atoms with Crippen molar-refractivity contribution in [2.24, 2.45) is 0 Å². The third-order valence-electron chi connectivity index (χ3n) is 2.69. The van der Waals surface area contributed by atoms with Gasteiger partial charge in [0.15, 0.2) is 5.78 Å². The van der Waals surface area contributed by atoms with Crippen LogP contribution in [0, 0.1) is 5.82 Å². The number of nitrogens with zero attached hydrogens (tertiary/aromatic N) is 3. The third kappa shape index (κ3) is 2.61. The number of carbonyl (C=O) groups is 1. The van der Waals surface area contributed by atoms with E-state index >= 15 is 0 Å². The van der Waals surface area contributed by atoms with Crippen molar-refractivity contribution in [3.05, 3.63) is 48.3 Å². The number of carbonyl (C=O) groups excluding carboxylic acids is 1. The van der Waals surface area contributed by atoms with Gasteiger partial charge in [-0.05, 0) is 24.1 Å². The Morgan fingerprint density at radius 2 is 2.11 bits per heavy atom. The number of hydrogen-bond donors (Lipinski definition) is 0. The zero-order valence-electron chi connectivity index (χ0n) is 10.1. The van der Waals surface area contributed by atoms with Gasteiger partial charge in [-0.15, -0.1) is 0 Å². The minimum Gasteiger partial charge on any atom is -0.297 e. The van der Waals surface area contributed by atoms with E-state index in [-0.39, 0.29) is 11.6 Å². The highest BCUT2D eigenvalue weighted by Crippen LogP contribution is 2.20. The van der Waals surface area contributed by atoms with E-state index in [1.165, 1.54) is 29.5 Å². The third-order valence-corrected chi connectivity index (χ3v) is 2.69. The van der Waals surface area contributed by atoms with Gasteiger partial charge in [-0.1, -0.05) is 19.1 Å². The van der Waals surface area contributed by atoms with Crippen LogP contribution in [0.15, 0.2) is 36.9 Å². The molecule has 0 saturated heterocycles. The molecule has 0 radical (unpaired) electrons. The first-order valence-corrected chi connectivity index (χ1v) is 5.84. The summed E-state index contributed by atoms with van der Waals surface area (Å²) in [6.45, 7) is 1.95. The molecular weight excluding hydrogens is 233 g/mol. The highest BCUT2D eigenvalue weighted by atomic mass is 19.1. The molecule has 1 aromatic carbocycles. The summed E-state index contributed by atoms with van der Waals surface area (Å²) in [6.07, 6.45) is 4.12. The number of ketones is 1. The lowest BCUT2D eigenvalue weighted by Gasteiger charge is -2.16. The molecule has 18 heavy (non-hydrogen) atoms. The smallest absolute Gasteiger partial charge is 0.161 e. The quantitative estimate of drug-likeness (QED) is 0.815.